The van der Waals surface area contributed by atoms with Crippen molar-refractivity contribution in [1.82, 2.24) is 10.2 Å². The molecule has 2 aliphatic rings. The van der Waals surface area contributed by atoms with E-state index in [0.717, 1.165) is 32.4 Å². The summed E-state index contributed by atoms with van der Waals surface area (Å²) in [7, 11) is 1.76. The third-order valence-corrected chi connectivity index (χ3v) is 5.54. The molecule has 132 valence electrons. The highest BCUT2D eigenvalue weighted by Gasteiger charge is 2.33. The third kappa shape index (κ3) is 3.98. The van der Waals surface area contributed by atoms with Crippen LogP contribution in [-0.2, 0) is 9.53 Å². The highest BCUT2D eigenvalue weighted by Crippen LogP contribution is 2.28. The first-order chi connectivity index (χ1) is 11.7. The number of carbonyl (C=O) groups excluding carboxylic acids is 1. The summed E-state index contributed by atoms with van der Waals surface area (Å²) < 4.78 is 5.72. The van der Waals surface area contributed by atoms with Gasteiger partial charge in [0.25, 0.3) is 0 Å². The first kappa shape index (κ1) is 17.4. The lowest BCUT2D eigenvalue weighted by molar-refractivity contribution is -0.134. The molecular weight excluding hydrogens is 300 g/mol. The number of hydrogen-bond acceptors (Lipinski definition) is 3. The van der Waals surface area contributed by atoms with Crippen LogP contribution >= 0.6 is 0 Å². The molecule has 24 heavy (non-hydrogen) atoms. The topological polar surface area (TPSA) is 41.6 Å². The lowest BCUT2D eigenvalue weighted by Crippen LogP contribution is -2.43. The molecular formula is C20H30N2O2. The van der Waals surface area contributed by atoms with Gasteiger partial charge in [0, 0.05) is 38.2 Å². The quantitative estimate of drug-likeness (QED) is 0.871. The van der Waals surface area contributed by atoms with E-state index < -0.39 is 0 Å². The fourth-order valence-corrected chi connectivity index (χ4v) is 4.26. The Morgan fingerprint density at radius 1 is 1.21 bits per heavy atom. The van der Waals surface area contributed by atoms with Gasteiger partial charge in [-0.1, -0.05) is 43.2 Å². The lowest BCUT2D eigenvalue weighted by atomic mass is 10.0. The Labute approximate surface area is 145 Å². The van der Waals surface area contributed by atoms with Gasteiger partial charge in [0.2, 0.25) is 5.91 Å². The van der Waals surface area contributed by atoms with Crippen molar-refractivity contribution in [1.29, 1.82) is 0 Å². The van der Waals surface area contributed by atoms with E-state index in [1.165, 1.54) is 18.4 Å². The highest BCUT2D eigenvalue weighted by atomic mass is 16.5. The van der Waals surface area contributed by atoms with Gasteiger partial charge in [-0.2, -0.15) is 0 Å². The zero-order valence-corrected chi connectivity index (χ0v) is 14.9. The summed E-state index contributed by atoms with van der Waals surface area (Å²) in [6.07, 6.45) is 5.68. The first-order valence-electron chi connectivity index (χ1n) is 9.31. The van der Waals surface area contributed by atoms with Gasteiger partial charge in [0.15, 0.2) is 0 Å². The first-order valence-corrected chi connectivity index (χ1v) is 9.31. The number of nitrogens with zero attached hydrogens (tertiary/aromatic N) is 1. The second-order valence-electron chi connectivity index (χ2n) is 7.27. The van der Waals surface area contributed by atoms with Crippen LogP contribution in [0.1, 0.15) is 50.7 Å². The molecule has 1 aromatic carbocycles. The average molecular weight is 330 g/mol. The summed E-state index contributed by atoms with van der Waals surface area (Å²) in [5.74, 6) is 0.674. The molecule has 4 heteroatoms. The number of rotatable bonds is 6. The Hall–Kier alpha value is -1.39. The summed E-state index contributed by atoms with van der Waals surface area (Å²) in [6, 6.07) is 10.9. The fraction of sp³-hybridized carbons (Fsp3) is 0.650. The van der Waals surface area contributed by atoms with E-state index in [9.17, 15) is 4.79 Å². The Kier molecular flexibility index (Phi) is 5.90. The maximum absolute atomic E-state index is 12.6. The van der Waals surface area contributed by atoms with Crippen molar-refractivity contribution in [2.75, 3.05) is 20.2 Å². The van der Waals surface area contributed by atoms with Gasteiger partial charge in [0.05, 0.1) is 6.10 Å². The molecule has 0 spiro atoms. The molecule has 1 N–H and O–H groups in total. The molecule has 1 saturated heterocycles. The molecule has 0 radical (unpaired) electrons. The van der Waals surface area contributed by atoms with Crippen molar-refractivity contribution in [3.63, 3.8) is 0 Å². The Bertz CT molecular complexity index is 528. The van der Waals surface area contributed by atoms with Gasteiger partial charge in [0.1, 0.15) is 0 Å². The number of benzene rings is 1. The summed E-state index contributed by atoms with van der Waals surface area (Å²) >= 11 is 0. The number of methoxy groups -OCH3 is 1. The maximum Gasteiger partial charge on any atom is 0.225 e. The number of nitrogens with one attached hydrogen (secondary N) is 1. The molecule has 0 unspecified atom stereocenters. The van der Waals surface area contributed by atoms with E-state index in [0.29, 0.717) is 11.9 Å². The molecule has 4 nitrogen and oxygen atoms in total. The predicted molar refractivity (Wildman–Crippen MR) is 95.7 cm³/mol. The summed E-state index contributed by atoms with van der Waals surface area (Å²) in [5, 5.41) is 3.68. The van der Waals surface area contributed by atoms with Gasteiger partial charge in [-0.25, -0.2) is 0 Å². The largest absolute Gasteiger partial charge is 0.375 e. The van der Waals surface area contributed by atoms with Crippen LogP contribution < -0.4 is 5.32 Å². The van der Waals surface area contributed by atoms with Crippen molar-refractivity contribution in [3.05, 3.63) is 35.9 Å². The zero-order valence-electron chi connectivity index (χ0n) is 14.9. The van der Waals surface area contributed by atoms with Crippen LogP contribution in [0.2, 0.25) is 0 Å². The highest BCUT2D eigenvalue weighted by molar-refractivity contribution is 5.79. The minimum atomic E-state index is 0.0331. The van der Waals surface area contributed by atoms with E-state index in [1.807, 2.05) is 18.2 Å². The molecule has 2 fully saturated rings. The Morgan fingerprint density at radius 2 is 1.92 bits per heavy atom. The molecule has 3 atom stereocenters. The molecule has 1 aliphatic heterocycles. The molecule has 1 amide bonds. The van der Waals surface area contributed by atoms with Crippen molar-refractivity contribution < 1.29 is 9.53 Å². The number of amides is 1. The van der Waals surface area contributed by atoms with E-state index in [-0.39, 0.29) is 18.1 Å². The van der Waals surface area contributed by atoms with Crippen LogP contribution in [-0.4, -0.2) is 43.1 Å². The lowest BCUT2D eigenvalue weighted by Gasteiger charge is -2.27. The van der Waals surface area contributed by atoms with E-state index in [4.69, 9.17) is 4.74 Å². The zero-order chi connectivity index (χ0) is 16.9. The second kappa shape index (κ2) is 8.13. The molecule has 0 aromatic heterocycles. The van der Waals surface area contributed by atoms with Gasteiger partial charge in [-0.15, -0.1) is 0 Å². The number of likely N-dealkylation sites (tertiary alicyclic amines) is 1. The standard InChI is InChI=1S/C20H30N2O2/c1-15(19(24-2)16-8-4-3-5-9-16)21-18-12-13-22(14-18)20(23)17-10-6-7-11-17/h3-5,8-9,15,17-19,21H,6-7,10-14H2,1-2H3/t15-,18+,19-/m0/s1. The van der Waals surface area contributed by atoms with Crippen LogP contribution in [0, 0.1) is 5.92 Å². The van der Waals surface area contributed by atoms with E-state index in [2.05, 4.69) is 29.3 Å². The van der Waals surface area contributed by atoms with Crippen molar-refractivity contribution in [2.45, 2.75) is 57.2 Å². The van der Waals surface area contributed by atoms with Gasteiger partial charge in [-0.3, -0.25) is 4.79 Å². The minimum Gasteiger partial charge on any atom is -0.375 e. The Balaban J connectivity index is 1.53. The van der Waals surface area contributed by atoms with Crippen LogP contribution in [0.4, 0.5) is 0 Å². The van der Waals surface area contributed by atoms with Crippen LogP contribution in [0.3, 0.4) is 0 Å². The number of hydrogen-bond donors (Lipinski definition) is 1. The second-order valence-corrected chi connectivity index (χ2v) is 7.27. The molecule has 1 saturated carbocycles. The third-order valence-electron chi connectivity index (χ3n) is 5.54. The van der Waals surface area contributed by atoms with Crippen molar-refractivity contribution in [3.8, 4) is 0 Å². The smallest absolute Gasteiger partial charge is 0.225 e. The molecule has 0 bridgehead atoms. The van der Waals surface area contributed by atoms with Crippen LogP contribution in [0.5, 0.6) is 0 Å². The van der Waals surface area contributed by atoms with Gasteiger partial charge < -0.3 is 15.0 Å². The van der Waals surface area contributed by atoms with E-state index in [1.54, 1.807) is 7.11 Å². The van der Waals surface area contributed by atoms with Gasteiger partial charge >= 0.3 is 0 Å². The normalized spacial score (nSPS) is 24.2. The summed E-state index contributed by atoms with van der Waals surface area (Å²) in [6.45, 7) is 3.90. The summed E-state index contributed by atoms with van der Waals surface area (Å²) in [5.41, 5.74) is 1.19. The fourth-order valence-electron chi connectivity index (χ4n) is 4.26. The summed E-state index contributed by atoms with van der Waals surface area (Å²) in [4.78, 5) is 14.6. The molecule has 1 aliphatic carbocycles. The van der Waals surface area contributed by atoms with E-state index >= 15 is 0 Å². The number of carbonyl (C=O) groups is 1. The minimum absolute atomic E-state index is 0.0331. The van der Waals surface area contributed by atoms with Gasteiger partial charge in [-0.05, 0) is 31.7 Å². The molecule has 3 rings (SSSR count). The average Bonchev–Trinajstić information content (AvgIpc) is 3.28. The number of ether oxygens (including phenoxy) is 1. The van der Waals surface area contributed by atoms with Crippen molar-refractivity contribution in [2.24, 2.45) is 5.92 Å². The SMILES string of the molecule is CO[C@H](c1ccccc1)[C@H](C)N[C@@H]1CCN(C(=O)C2CCCC2)C1. The Morgan fingerprint density at radius 3 is 2.58 bits per heavy atom. The molecule has 1 aromatic rings. The van der Waals surface area contributed by atoms with Crippen molar-refractivity contribution >= 4 is 5.91 Å². The van der Waals surface area contributed by atoms with Crippen LogP contribution in [0.15, 0.2) is 30.3 Å². The monoisotopic (exact) mass is 330 g/mol. The van der Waals surface area contributed by atoms with Crippen LogP contribution in [0.25, 0.3) is 0 Å². The molecule has 1 heterocycles. The predicted octanol–water partition coefficient (Wildman–Crippen LogP) is 3.14. The maximum atomic E-state index is 12.6.